The van der Waals surface area contributed by atoms with Gasteiger partial charge in [-0.1, -0.05) is 13.8 Å². The molecule has 0 spiro atoms. The first-order chi connectivity index (χ1) is 8.06. The van der Waals surface area contributed by atoms with Crippen LogP contribution in [0.5, 0.6) is 0 Å². The van der Waals surface area contributed by atoms with Gasteiger partial charge in [0.05, 0.1) is 0 Å². The number of nitrogens with zero attached hydrogens (tertiary/aromatic N) is 4. The molecule has 0 aliphatic rings. The molecule has 0 saturated heterocycles. The molecule has 0 atom stereocenters. The Kier molecular flexibility index (Phi) is 5.09. The Morgan fingerprint density at radius 3 is 1.56 bits per heavy atom. The second-order valence-corrected chi connectivity index (χ2v) is 4.13. The van der Waals surface area contributed by atoms with E-state index in [4.69, 9.17) is 0 Å². The van der Waals surface area contributed by atoms with Gasteiger partial charge < -0.3 is 27.2 Å². The number of aryl methyl sites for hydroxylation is 4. The zero-order valence-electron chi connectivity index (χ0n) is 11.0. The molecule has 2 aromatic heterocycles. The zero-order valence-corrected chi connectivity index (χ0v) is 13.2. The SMILES string of the molecule is Cc1[c-]n([CH-]C[CH-]n2[c-]c(C)c(C)n2)nc1C.[Pt+4]. The summed E-state index contributed by atoms with van der Waals surface area (Å²) in [4.78, 5) is 0. The monoisotopic (exact) mass is 423 g/mol. The molecular weight excluding hydrogens is 407 g/mol. The van der Waals surface area contributed by atoms with Crippen molar-refractivity contribution >= 4 is 0 Å². The van der Waals surface area contributed by atoms with Crippen molar-refractivity contribution in [1.82, 2.24) is 19.6 Å². The molecule has 0 saturated carbocycles. The Balaban J connectivity index is 0.00000162. The maximum absolute atomic E-state index is 4.31. The van der Waals surface area contributed by atoms with Gasteiger partial charge in [-0.05, 0) is 6.92 Å². The summed E-state index contributed by atoms with van der Waals surface area (Å²) in [7, 11) is 0. The van der Waals surface area contributed by atoms with Crippen molar-refractivity contribution in [1.29, 1.82) is 0 Å². The van der Waals surface area contributed by atoms with Gasteiger partial charge >= 0.3 is 21.1 Å². The molecule has 0 fully saturated rings. The molecule has 98 valence electrons. The van der Waals surface area contributed by atoms with E-state index in [0.29, 0.717) is 0 Å². The van der Waals surface area contributed by atoms with Crippen LogP contribution in [0.1, 0.15) is 28.9 Å². The van der Waals surface area contributed by atoms with Crippen LogP contribution < -0.4 is 0 Å². The third-order valence-corrected chi connectivity index (χ3v) is 2.72. The van der Waals surface area contributed by atoms with Gasteiger partial charge in [-0.3, -0.25) is 6.20 Å². The van der Waals surface area contributed by atoms with E-state index in [-0.39, 0.29) is 21.1 Å². The van der Waals surface area contributed by atoms with Crippen molar-refractivity contribution in [3.63, 3.8) is 0 Å². The Labute approximate surface area is 123 Å². The average Bonchev–Trinajstić information content (AvgIpc) is 2.73. The molecule has 0 bridgehead atoms. The van der Waals surface area contributed by atoms with Crippen LogP contribution in [0.25, 0.3) is 0 Å². The van der Waals surface area contributed by atoms with Gasteiger partial charge in [-0.2, -0.15) is 5.56 Å². The first-order valence-electron chi connectivity index (χ1n) is 5.63. The fourth-order valence-corrected chi connectivity index (χ4v) is 1.45. The molecule has 0 aliphatic carbocycles. The Morgan fingerprint density at radius 1 is 0.889 bits per heavy atom. The Morgan fingerprint density at radius 2 is 1.28 bits per heavy atom. The standard InChI is InChI=1S/C13H16N4.Pt/c1-10-8-16(14-12(10)3)6-5-7-17-9-11(2)13(4)15-17;/h6-7H,5H2,1-4H3;/q-4;+4. The van der Waals surface area contributed by atoms with Crippen LogP contribution in [0.15, 0.2) is 0 Å². The second kappa shape index (κ2) is 6.14. The van der Waals surface area contributed by atoms with Crippen LogP contribution in [0, 0.1) is 53.2 Å². The first-order valence-corrected chi connectivity index (χ1v) is 5.63. The van der Waals surface area contributed by atoms with Gasteiger partial charge in [-0.15, -0.1) is 12.6 Å². The normalized spacial score (nSPS) is 10.0. The van der Waals surface area contributed by atoms with Gasteiger partial charge in [0.1, 0.15) is 0 Å². The summed E-state index contributed by atoms with van der Waals surface area (Å²) in [5.74, 6) is 0. The molecule has 0 aromatic carbocycles. The molecular formula is C13H16N4Pt. The molecule has 0 N–H and O–H groups in total. The minimum Gasteiger partial charge on any atom is -0.579 e. The summed E-state index contributed by atoms with van der Waals surface area (Å²) in [5.41, 5.74) is 4.19. The van der Waals surface area contributed by atoms with Gasteiger partial charge in [0.15, 0.2) is 0 Å². The third-order valence-electron chi connectivity index (χ3n) is 2.72. The van der Waals surface area contributed by atoms with Gasteiger partial charge in [0, 0.05) is 5.69 Å². The van der Waals surface area contributed by atoms with E-state index < -0.39 is 0 Å². The molecule has 0 unspecified atom stereocenters. The Hall–Kier alpha value is -1.15. The van der Waals surface area contributed by atoms with Crippen molar-refractivity contribution in [2.24, 2.45) is 0 Å². The predicted molar refractivity (Wildman–Crippen MR) is 65.1 cm³/mol. The number of hydrogen-bond acceptors (Lipinski definition) is 2. The fourth-order valence-electron chi connectivity index (χ4n) is 1.45. The van der Waals surface area contributed by atoms with Gasteiger partial charge in [0.25, 0.3) is 0 Å². The summed E-state index contributed by atoms with van der Waals surface area (Å²) in [5, 5.41) is 8.62. The average molecular weight is 423 g/mol. The molecule has 0 aliphatic heterocycles. The third kappa shape index (κ3) is 3.42. The molecule has 5 heteroatoms. The van der Waals surface area contributed by atoms with E-state index in [1.807, 2.05) is 40.8 Å². The van der Waals surface area contributed by atoms with Crippen molar-refractivity contribution in [2.45, 2.75) is 34.1 Å². The van der Waals surface area contributed by atoms with Crippen LogP contribution in [0.3, 0.4) is 0 Å². The van der Waals surface area contributed by atoms with E-state index in [0.717, 1.165) is 28.9 Å². The largest absolute Gasteiger partial charge is 4.00 e. The zero-order chi connectivity index (χ0) is 12.4. The number of rotatable bonds is 4. The summed E-state index contributed by atoms with van der Waals surface area (Å²) < 4.78 is 3.45. The van der Waals surface area contributed by atoms with Crippen molar-refractivity contribution < 1.29 is 21.1 Å². The van der Waals surface area contributed by atoms with Gasteiger partial charge in [0.2, 0.25) is 0 Å². The van der Waals surface area contributed by atoms with Crippen LogP contribution >= 0.6 is 0 Å². The van der Waals surface area contributed by atoms with E-state index in [9.17, 15) is 0 Å². The van der Waals surface area contributed by atoms with Gasteiger partial charge in [-0.25, -0.2) is 23.6 Å². The molecule has 0 radical (unpaired) electrons. The quantitative estimate of drug-likeness (QED) is 0.706. The minimum absolute atomic E-state index is 0. The van der Waals surface area contributed by atoms with E-state index >= 15 is 0 Å². The number of hydrogen-bond donors (Lipinski definition) is 0. The second-order valence-electron chi connectivity index (χ2n) is 4.13. The summed E-state index contributed by atoms with van der Waals surface area (Å²) in [6, 6.07) is 0. The first kappa shape index (κ1) is 14.9. The molecule has 4 nitrogen and oxygen atoms in total. The van der Waals surface area contributed by atoms with Crippen LogP contribution in [-0.4, -0.2) is 19.6 Å². The summed E-state index contributed by atoms with van der Waals surface area (Å²) >= 11 is 0. The van der Waals surface area contributed by atoms with Crippen LogP contribution in [0.2, 0.25) is 0 Å². The molecule has 2 aromatic rings. The minimum atomic E-state index is 0. The van der Waals surface area contributed by atoms with Crippen molar-refractivity contribution in [2.75, 3.05) is 0 Å². The topological polar surface area (TPSA) is 35.6 Å². The Bertz CT molecular complexity index is 428. The maximum Gasteiger partial charge on any atom is 4.00 e. The predicted octanol–water partition coefficient (Wildman–Crippen LogP) is 2.02. The van der Waals surface area contributed by atoms with E-state index in [1.54, 1.807) is 9.36 Å². The van der Waals surface area contributed by atoms with E-state index in [1.165, 1.54) is 0 Å². The van der Waals surface area contributed by atoms with Crippen LogP contribution in [-0.2, 0) is 21.1 Å². The number of aromatic nitrogens is 4. The molecule has 2 rings (SSSR count). The maximum atomic E-state index is 4.31. The molecule has 0 amide bonds. The van der Waals surface area contributed by atoms with Crippen molar-refractivity contribution in [3.05, 3.63) is 48.0 Å². The fraction of sp³-hybridized carbons (Fsp3) is 0.385. The summed E-state index contributed by atoms with van der Waals surface area (Å²) in [6.07, 6.45) is 7.02. The molecule has 2 heterocycles. The smallest absolute Gasteiger partial charge is 0.579 e. The van der Waals surface area contributed by atoms with Crippen LogP contribution in [0.4, 0.5) is 0 Å². The van der Waals surface area contributed by atoms with E-state index in [2.05, 4.69) is 22.6 Å². The van der Waals surface area contributed by atoms with Crippen molar-refractivity contribution in [3.8, 4) is 0 Å². The molecule has 18 heavy (non-hydrogen) atoms. The summed E-state index contributed by atoms with van der Waals surface area (Å²) in [6.45, 7) is 11.9.